The number of para-hydroxylation sites is 1. The fourth-order valence-electron chi connectivity index (χ4n) is 4.78. The van der Waals surface area contributed by atoms with Crippen LogP contribution in [0.5, 0.6) is 0 Å². The van der Waals surface area contributed by atoms with Crippen molar-refractivity contribution in [2.24, 2.45) is 18.9 Å². The van der Waals surface area contributed by atoms with E-state index >= 15 is 0 Å². The Labute approximate surface area is 167 Å². The predicted octanol–water partition coefficient (Wildman–Crippen LogP) is 0.826. The van der Waals surface area contributed by atoms with Crippen LogP contribution in [0.1, 0.15) is 5.56 Å². The third-order valence-electron chi connectivity index (χ3n) is 6.58. The fraction of sp³-hybridized carbons (Fsp3) is 0.591. The average molecular weight is 385 g/mol. The van der Waals surface area contributed by atoms with Crippen molar-refractivity contribution in [2.75, 3.05) is 59.5 Å². The summed E-state index contributed by atoms with van der Waals surface area (Å²) in [4.78, 5) is 20.1. The number of hydrogen-bond donors (Lipinski definition) is 1. The van der Waals surface area contributed by atoms with E-state index in [9.17, 15) is 9.90 Å². The Balaban J connectivity index is 1.46. The van der Waals surface area contributed by atoms with E-state index in [4.69, 9.17) is 0 Å². The topological polar surface area (TPSA) is 52.0 Å². The molecule has 1 aromatic heterocycles. The summed E-state index contributed by atoms with van der Waals surface area (Å²) in [5.41, 5.74) is 1.90. The van der Waals surface area contributed by atoms with Gasteiger partial charge in [0.25, 0.3) is 5.56 Å². The summed E-state index contributed by atoms with van der Waals surface area (Å²) in [7, 11) is 4.03. The summed E-state index contributed by atoms with van der Waals surface area (Å²) in [5, 5.41) is 11.0. The molecule has 6 nitrogen and oxygen atoms in total. The van der Waals surface area contributed by atoms with Crippen LogP contribution in [-0.4, -0.2) is 83.8 Å². The van der Waals surface area contributed by atoms with Gasteiger partial charge in [-0.3, -0.25) is 9.69 Å². The zero-order chi connectivity index (χ0) is 19.7. The molecule has 0 unspecified atom stereocenters. The van der Waals surface area contributed by atoms with E-state index in [-0.39, 0.29) is 12.2 Å². The molecule has 2 atom stereocenters. The van der Waals surface area contributed by atoms with Crippen molar-refractivity contribution < 1.29 is 5.11 Å². The zero-order valence-electron chi connectivity index (χ0n) is 17.0. The highest BCUT2D eigenvalue weighted by atomic mass is 16.3. The van der Waals surface area contributed by atoms with Crippen molar-refractivity contribution in [1.82, 2.24) is 19.3 Å². The summed E-state index contributed by atoms with van der Waals surface area (Å²) < 4.78 is 1.76. The third-order valence-corrected chi connectivity index (χ3v) is 6.58. The number of hydrogen-bond acceptors (Lipinski definition) is 5. The van der Waals surface area contributed by atoms with Crippen LogP contribution >= 0.6 is 0 Å². The Kier molecular flexibility index (Phi) is 5.83. The lowest BCUT2D eigenvalue weighted by Gasteiger charge is -2.34. The molecular weight excluding hydrogens is 352 g/mol. The molecule has 4 rings (SSSR count). The molecule has 2 aliphatic heterocycles. The molecule has 2 fully saturated rings. The maximum atomic E-state index is 12.8. The lowest BCUT2D eigenvalue weighted by molar-refractivity contribution is 0.116. The maximum Gasteiger partial charge on any atom is 0.255 e. The van der Waals surface area contributed by atoms with Crippen LogP contribution < -0.4 is 5.56 Å². The summed E-state index contributed by atoms with van der Waals surface area (Å²) in [6, 6.07) is 10.1. The fourth-order valence-corrected chi connectivity index (χ4v) is 4.78. The van der Waals surface area contributed by atoms with Gasteiger partial charge in [-0.1, -0.05) is 18.2 Å². The summed E-state index contributed by atoms with van der Waals surface area (Å²) >= 11 is 0. The number of likely N-dealkylation sites (N-methyl/N-ethyl adjacent to an activating group) is 1. The van der Waals surface area contributed by atoms with Crippen LogP contribution in [0.15, 0.2) is 35.1 Å². The number of aliphatic hydroxyl groups excluding tert-OH is 1. The molecule has 1 aromatic carbocycles. The summed E-state index contributed by atoms with van der Waals surface area (Å²) in [5.74, 6) is 0.765. The predicted molar refractivity (Wildman–Crippen MR) is 112 cm³/mol. The van der Waals surface area contributed by atoms with Crippen LogP contribution in [0.4, 0.5) is 0 Å². The molecule has 0 saturated carbocycles. The average Bonchev–Trinajstić information content (AvgIpc) is 3.09. The van der Waals surface area contributed by atoms with E-state index < -0.39 is 0 Å². The molecule has 2 aliphatic rings. The first-order valence-corrected chi connectivity index (χ1v) is 10.4. The van der Waals surface area contributed by atoms with Crippen molar-refractivity contribution in [3.63, 3.8) is 0 Å². The largest absolute Gasteiger partial charge is 0.396 e. The molecule has 1 N–H and O–H groups in total. The van der Waals surface area contributed by atoms with E-state index in [2.05, 4.69) is 27.8 Å². The quantitative estimate of drug-likeness (QED) is 0.828. The van der Waals surface area contributed by atoms with Crippen LogP contribution in [-0.2, 0) is 13.6 Å². The van der Waals surface area contributed by atoms with E-state index in [0.29, 0.717) is 18.4 Å². The molecular formula is C22H32N4O2. The first-order valence-electron chi connectivity index (χ1n) is 10.4. The Bertz CT molecular complexity index is 872. The molecule has 0 radical (unpaired) electrons. The van der Waals surface area contributed by atoms with Gasteiger partial charge in [-0.05, 0) is 36.4 Å². The lowest BCUT2D eigenvalue weighted by atomic mass is 9.96. The first kappa shape index (κ1) is 19.6. The number of rotatable bonds is 5. The van der Waals surface area contributed by atoms with Crippen LogP contribution in [0.3, 0.4) is 0 Å². The minimum Gasteiger partial charge on any atom is -0.396 e. The number of piperazine rings is 1. The molecule has 2 saturated heterocycles. The minimum absolute atomic E-state index is 0.0850. The van der Waals surface area contributed by atoms with Crippen LogP contribution in [0.25, 0.3) is 10.9 Å². The first-order chi connectivity index (χ1) is 13.5. The van der Waals surface area contributed by atoms with Gasteiger partial charge in [0.05, 0.1) is 5.52 Å². The van der Waals surface area contributed by atoms with Crippen molar-refractivity contribution in [3.8, 4) is 0 Å². The Morgan fingerprint density at radius 1 is 1.00 bits per heavy atom. The third kappa shape index (κ3) is 4.01. The SMILES string of the molecule is CN1CCN(C[C@@H]2CN(Cc3cc4ccccc4n(C)c3=O)C[C@@H]2CO)CC1. The number of aliphatic hydroxyl groups is 1. The number of aryl methyl sites for hydroxylation is 1. The second-order valence-electron chi connectivity index (χ2n) is 8.59. The highest BCUT2D eigenvalue weighted by Crippen LogP contribution is 2.26. The number of likely N-dealkylation sites (tertiary alicyclic amines) is 1. The molecule has 2 aromatic rings. The molecule has 6 heteroatoms. The van der Waals surface area contributed by atoms with Crippen molar-refractivity contribution in [3.05, 3.63) is 46.2 Å². The van der Waals surface area contributed by atoms with Gasteiger partial charge in [0, 0.05) is 71.6 Å². The van der Waals surface area contributed by atoms with Gasteiger partial charge >= 0.3 is 0 Å². The Hall–Kier alpha value is -1.73. The van der Waals surface area contributed by atoms with Gasteiger partial charge in [-0.25, -0.2) is 0 Å². The Morgan fingerprint density at radius 3 is 2.46 bits per heavy atom. The summed E-state index contributed by atoms with van der Waals surface area (Å²) in [6.07, 6.45) is 0. The number of fused-ring (bicyclic) bond motifs is 1. The number of benzene rings is 1. The van der Waals surface area contributed by atoms with E-state index in [0.717, 1.165) is 62.3 Å². The minimum atomic E-state index is 0.0850. The highest BCUT2D eigenvalue weighted by Gasteiger charge is 2.34. The number of aromatic nitrogens is 1. The highest BCUT2D eigenvalue weighted by molar-refractivity contribution is 5.79. The van der Waals surface area contributed by atoms with Gasteiger partial charge in [0.2, 0.25) is 0 Å². The number of nitrogens with zero attached hydrogens (tertiary/aromatic N) is 4. The van der Waals surface area contributed by atoms with Crippen molar-refractivity contribution in [1.29, 1.82) is 0 Å². The van der Waals surface area contributed by atoms with E-state index in [1.165, 1.54) is 0 Å². The molecule has 0 bridgehead atoms. The number of pyridine rings is 1. The standard InChI is InChI=1S/C22H32N4O2/c1-23-7-9-25(10-8-23)13-19-14-26(15-20(19)16-27)12-18-11-17-5-3-4-6-21(17)24(2)22(18)28/h3-6,11,19-20,27H,7-10,12-16H2,1-2H3/t19-,20-/m1/s1. The van der Waals surface area contributed by atoms with E-state index in [1.807, 2.05) is 31.3 Å². The van der Waals surface area contributed by atoms with Crippen molar-refractivity contribution in [2.45, 2.75) is 6.54 Å². The molecule has 152 valence electrons. The van der Waals surface area contributed by atoms with Gasteiger partial charge in [0.15, 0.2) is 0 Å². The monoisotopic (exact) mass is 384 g/mol. The van der Waals surface area contributed by atoms with Gasteiger partial charge in [-0.2, -0.15) is 0 Å². The molecule has 28 heavy (non-hydrogen) atoms. The normalized spacial score (nSPS) is 25.0. The lowest BCUT2D eigenvalue weighted by Crippen LogP contribution is -2.47. The molecule has 0 spiro atoms. The zero-order valence-corrected chi connectivity index (χ0v) is 17.0. The smallest absolute Gasteiger partial charge is 0.255 e. The van der Waals surface area contributed by atoms with Crippen LogP contribution in [0.2, 0.25) is 0 Å². The molecule has 0 amide bonds. The molecule has 0 aliphatic carbocycles. The molecule has 3 heterocycles. The van der Waals surface area contributed by atoms with Crippen molar-refractivity contribution >= 4 is 10.9 Å². The second kappa shape index (κ2) is 8.33. The van der Waals surface area contributed by atoms with Crippen LogP contribution in [0, 0.1) is 11.8 Å². The summed E-state index contributed by atoms with van der Waals surface area (Å²) in [6.45, 7) is 8.20. The van der Waals surface area contributed by atoms with Gasteiger partial charge < -0.3 is 19.5 Å². The van der Waals surface area contributed by atoms with Gasteiger partial charge in [-0.15, -0.1) is 0 Å². The van der Waals surface area contributed by atoms with E-state index in [1.54, 1.807) is 4.57 Å². The second-order valence-corrected chi connectivity index (χ2v) is 8.59. The Morgan fingerprint density at radius 2 is 1.71 bits per heavy atom. The maximum absolute atomic E-state index is 12.8. The van der Waals surface area contributed by atoms with Gasteiger partial charge in [0.1, 0.15) is 0 Å².